The molecule has 6 heteroatoms. The fourth-order valence-electron chi connectivity index (χ4n) is 1.88. The predicted octanol–water partition coefficient (Wildman–Crippen LogP) is 2.21. The van der Waals surface area contributed by atoms with E-state index in [2.05, 4.69) is 10.3 Å². The Kier molecular flexibility index (Phi) is 4.06. The summed E-state index contributed by atoms with van der Waals surface area (Å²) in [6.07, 6.45) is 3.49. The number of primary sulfonamides is 1. The molecule has 0 aliphatic heterocycles. The Hall–Kier alpha value is -1.92. The molecule has 0 saturated carbocycles. The fourth-order valence-corrected chi connectivity index (χ4v) is 2.42. The van der Waals surface area contributed by atoms with Gasteiger partial charge in [0, 0.05) is 18.1 Å². The monoisotopic (exact) mass is 291 g/mol. The maximum Gasteiger partial charge on any atom is 0.238 e. The molecule has 3 N–H and O–H groups in total. The van der Waals surface area contributed by atoms with Gasteiger partial charge in [0.15, 0.2) is 0 Å². The zero-order valence-corrected chi connectivity index (χ0v) is 12.2. The molecule has 0 radical (unpaired) electrons. The summed E-state index contributed by atoms with van der Waals surface area (Å²) in [6.45, 7) is 3.89. The Bertz CT molecular complexity index is 700. The second-order valence-corrected chi connectivity index (χ2v) is 6.24. The molecule has 0 amide bonds. The van der Waals surface area contributed by atoms with Crippen LogP contribution in [0.15, 0.2) is 47.6 Å². The van der Waals surface area contributed by atoms with Crippen molar-refractivity contribution in [3.8, 4) is 0 Å². The summed E-state index contributed by atoms with van der Waals surface area (Å²) < 4.78 is 22.8. The van der Waals surface area contributed by atoms with Crippen molar-refractivity contribution in [2.75, 3.05) is 5.32 Å². The van der Waals surface area contributed by atoms with E-state index in [1.807, 2.05) is 26.0 Å². The summed E-state index contributed by atoms with van der Waals surface area (Å²) >= 11 is 0. The van der Waals surface area contributed by atoms with Crippen molar-refractivity contribution in [2.24, 2.45) is 5.14 Å². The number of nitrogens with one attached hydrogen (secondary N) is 1. The summed E-state index contributed by atoms with van der Waals surface area (Å²) in [5.41, 5.74) is 2.72. The molecule has 0 aliphatic rings. The van der Waals surface area contributed by atoms with Crippen LogP contribution < -0.4 is 10.5 Å². The maximum absolute atomic E-state index is 11.4. The minimum absolute atomic E-state index is 0.0122. The molecule has 2 rings (SSSR count). The lowest BCUT2D eigenvalue weighted by molar-refractivity contribution is 0.598. The number of pyridine rings is 1. The first kappa shape index (κ1) is 14.5. The van der Waals surface area contributed by atoms with Gasteiger partial charge in [-0.2, -0.15) is 0 Å². The van der Waals surface area contributed by atoms with Crippen LogP contribution in [0.1, 0.15) is 24.1 Å². The number of benzene rings is 1. The third kappa shape index (κ3) is 3.34. The zero-order chi connectivity index (χ0) is 14.8. The minimum Gasteiger partial charge on any atom is -0.378 e. The van der Waals surface area contributed by atoms with Crippen LogP contribution in [0, 0.1) is 6.92 Å². The van der Waals surface area contributed by atoms with Crippen molar-refractivity contribution >= 4 is 15.7 Å². The molecule has 1 aromatic heterocycles. The van der Waals surface area contributed by atoms with Gasteiger partial charge in [0.25, 0.3) is 0 Å². The van der Waals surface area contributed by atoms with Crippen molar-refractivity contribution in [3.63, 3.8) is 0 Å². The molecule has 1 unspecified atom stereocenters. The van der Waals surface area contributed by atoms with Crippen LogP contribution in [0.5, 0.6) is 0 Å². The van der Waals surface area contributed by atoms with Crippen LogP contribution in [0.25, 0.3) is 0 Å². The summed E-state index contributed by atoms with van der Waals surface area (Å²) in [5, 5.41) is 8.43. The molecular weight excluding hydrogens is 274 g/mol. The minimum atomic E-state index is -3.69. The van der Waals surface area contributed by atoms with Gasteiger partial charge in [0.05, 0.1) is 10.9 Å². The van der Waals surface area contributed by atoms with Crippen LogP contribution in [-0.2, 0) is 10.0 Å². The average Bonchev–Trinajstić information content (AvgIpc) is 2.41. The normalized spacial score (nSPS) is 12.9. The Morgan fingerprint density at radius 3 is 2.65 bits per heavy atom. The van der Waals surface area contributed by atoms with Gasteiger partial charge in [-0.3, -0.25) is 4.98 Å². The van der Waals surface area contributed by atoms with Crippen molar-refractivity contribution in [3.05, 3.63) is 53.9 Å². The van der Waals surface area contributed by atoms with E-state index in [1.165, 1.54) is 6.07 Å². The third-order valence-electron chi connectivity index (χ3n) is 3.09. The highest BCUT2D eigenvalue weighted by Crippen LogP contribution is 2.24. The SMILES string of the molecule is Cc1ccc(S(N)(=O)=O)cc1NC(C)c1cccnc1. The molecule has 0 bridgehead atoms. The van der Waals surface area contributed by atoms with Gasteiger partial charge in [-0.05, 0) is 43.2 Å². The topological polar surface area (TPSA) is 85.1 Å². The second kappa shape index (κ2) is 5.60. The number of anilines is 1. The lowest BCUT2D eigenvalue weighted by Gasteiger charge is -2.17. The number of sulfonamides is 1. The Balaban J connectivity index is 2.30. The van der Waals surface area contributed by atoms with E-state index < -0.39 is 10.0 Å². The molecular formula is C14H17N3O2S. The van der Waals surface area contributed by atoms with Gasteiger partial charge in [-0.1, -0.05) is 12.1 Å². The number of aryl methyl sites for hydroxylation is 1. The quantitative estimate of drug-likeness (QED) is 0.904. The van der Waals surface area contributed by atoms with Gasteiger partial charge in [-0.15, -0.1) is 0 Å². The van der Waals surface area contributed by atoms with E-state index in [0.29, 0.717) is 0 Å². The van der Waals surface area contributed by atoms with E-state index in [-0.39, 0.29) is 10.9 Å². The molecule has 2 aromatic rings. The molecule has 5 nitrogen and oxygen atoms in total. The lowest BCUT2D eigenvalue weighted by atomic mass is 10.1. The fraction of sp³-hybridized carbons (Fsp3) is 0.214. The van der Waals surface area contributed by atoms with Gasteiger partial charge >= 0.3 is 0 Å². The number of nitrogens with zero attached hydrogens (tertiary/aromatic N) is 1. The van der Waals surface area contributed by atoms with Gasteiger partial charge < -0.3 is 5.32 Å². The van der Waals surface area contributed by atoms with Crippen LogP contribution in [0.2, 0.25) is 0 Å². The lowest BCUT2D eigenvalue weighted by Crippen LogP contribution is -2.13. The van der Waals surface area contributed by atoms with Crippen LogP contribution in [0.4, 0.5) is 5.69 Å². The van der Waals surface area contributed by atoms with Crippen molar-refractivity contribution in [1.29, 1.82) is 0 Å². The molecule has 0 spiro atoms. The first-order chi connectivity index (χ1) is 9.38. The van der Waals surface area contributed by atoms with Crippen LogP contribution >= 0.6 is 0 Å². The van der Waals surface area contributed by atoms with Gasteiger partial charge in [0.1, 0.15) is 0 Å². The number of hydrogen-bond donors (Lipinski definition) is 2. The highest BCUT2D eigenvalue weighted by Gasteiger charge is 2.12. The van der Waals surface area contributed by atoms with E-state index in [9.17, 15) is 8.42 Å². The van der Waals surface area contributed by atoms with Crippen molar-refractivity contribution in [1.82, 2.24) is 4.98 Å². The van der Waals surface area contributed by atoms with Gasteiger partial charge in [0.2, 0.25) is 10.0 Å². The molecule has 1 aromatic carbocycles. The Morgan fingerprint density at radius 1 is 1.30 bits per heavy atom. The molecule has 0 aliphatic carbocycles. The number of hydrogen-bond acceptors (Lipinski definition) is 4. The second-order valence-electron chi connectivity index (χ2n) is 4.67. The number of rotatable bonds is 4. The molecule has 1 atom stereocenters. The molecule has 1 heterocycles. The van der Waals surface area contributed by atoms with E-state index in [0.717, 1.165) is 16.8 Å². The molecule has 0 saturated heterocycles. The standard InChI is InChI=1S/C14H17N3O2S/c1-10-5-6-13(20(15,18)19)8-14(10)17-11(2)12-4-3-7-16-9-12/h3-9,11,17H,1-2H3,(H2,15,18,19). The van der Waals surface area contributed by atoms with E-state index in [1.54, 1.807) is 24.5 Å². The van der Waals surface area contributed by atoms with Gasteiger partial charge in [-0.25, -0.2) is 13.6 Å². The smallest absolute Gasteiger partial charge is 0.238 e. The first-order valence-corrected chi connectivity index (χ1v) is 7.72. The average molecular weight is 291 g/mol. The first-order valence-electron chi connectivity index (χ1n) is 6.18. The number of nitrogens with two attached hydrogens (primary N) is 1. The van der Waals surface area contributed by atoms with E-state index >= 15 is 0 Å². The molecule has 0 fully saturated rings. The zero-order valence-electron chi connectivity index (χ0n) is 11.4. The van der Waals surface area contributed by atoms with Crippen LogP contribution in [-0.4, -0.2) is 13.4 Å². The highest BCUT2D eigenvalue weighted by atomic mass is 32.2. The maximum atomic E-state index is 11.4. The van der Waals surface area contributed by atoms with Crippen molar-refractivity contribution < 1.29 is 8.42 Å². The molecule has 106 valence electrons. The highest BCUT2D eigenvalue weighted by molar-refractivity contribution is 7.89. The summed E-state index contributed by atoms with van der Waals surface area (Å²) in [7, 11) is -3.69. The largest absolute Gasteiger partial charge is 0.378 e. The molecule has 20 heavy (non-hydrogen) atoms. The van der Waals surface area contributed by atoms with Crippen molar-refractivity contribution in [2.45, 2.75) is 24.8 Å². The van der Waals surface area contributed by atoms with E-state index in [4.69, 9.17) is 5.14 Å². The summed E-state index contributed by atoms with van der Waals surface area (Å²) in [5.74, 6) is 0. The predicted molar refractivity (Wildman–Crippen MR) is 78.8 cm³/mol. The number of aromatic nitrogens is 1. The van der Waals surface area contributed by atoms with Crippen LogP contribution in [0.3, 0.4) is 0 Å². The summed E-state index contributed by atoms with van der Waals surface area (Å²) in [4.78, 5) is 4.17. The Morgan fingerprint density at radius 2 is 2.05 bits per heavy atom. The summed E-state index contributed by atoms with van der Waals surface area (Å²) in [6, 6.07) is 8.63. The third-order valence-corrected chi connectivity index (χ3v) is 4.00. The Labute approximate surface area is 118 Å².